The second-order valence-electron chi connectivity index (χ2n) is 10.1. The third-order valence-electron chi connectivity index (χ3n) is 6.31. The van der Waals surface area contributed by atoms with Crippen LogP contribution >= 0.6 is 0 Å². The van der Waals surface area contributed by atoms with Gasteiger partial charge in [0.05, 0.1) is 0 Å². The molecule has 2 aliphatic rings. The van der Waals surface area contributed by atoms with E-state index < -0.39 is 29.7 Å². The minimum atomic E-state index is -1.21. The highest BCUT2D eigenvalue weighted by Crippen LogP contribution is 2.29. The highest BCUT2D eigenvalue weighted by Gasteiger charge is 2.37. The van der Waals surface area contributed by atoms with E-state index in [1.807, 2.05) is 11.0 Å². The monoisotopic (exact) mass is 459 g/mol. The van der Waals surface area contributed by atoms with Crippen molar-refractivity contribution >= 4 is 17.9 Å². The van der Waals surface area contributed by atoms with E-state index in [1.165, 1.54) is 0 Å². The summed E-state index contributed by atoms with van der Waals surface area (Å²) >= 11 is 0. The van der Waals surface area contributed by atoms with Gasteiger partial charge in [-0.05, 0) is 70.8 Å². The summed E-state index contributed by atoms with van der Waals surface area (Å²) < 4.78 is 5.41. The molecule has 1 saturated carbocycles. The van der Waals surface area contributed by atoms with Gasteiger partial charge in [0.2, 0.25) is 5.91 Å². The number of rotatable bonds is 6. The van der Waals surface area contributed by atoms with Gasteiger partial charge >= 0.3 is 6.09 Å². The summed E-state index contributed by atoms with van der Waals surface area (Å²) in [6.45, 7) is 6.81. The zero-order valence-electron chi connectivity index (χ0n) is 19.9. The van der Waals surface area contributed by atoms with E-state index >= 15 is 0 Å². The zero-order chi connectivity index (χ0) is 24.0. The van der Waals surface area contributed by atoms with Crippen LogP contribution < -0.4 is 10.6 Å². The molecule has 0 spiro atoms. The van der Waals surface area contributed by atoms with Gasteiger partial charge in [0.15, 0.2) is 6.10 Å². The second-order valence-corrected chi connectivity index (χ2v) is 10.1. The smallest absolute Gasteiger partial charge is 0.408 e. The first-order valence-electron chi connectivity index (χ1n) is 12.0. The van der Waals surface area contributed by atoms with Crippen LogP contribution in [0.3, 0.4) is 0 Å². The maximum Gasteiger partial charge on any atom is 0.408 e. The number of ether oxygens (including phenoxy) is 1. The molecule has 8 heteroatoms. The van der Waals surface area contributed by atoms with Crippen LogP contribution in [-0.2, 0) is 14.3 Å². The average molecular weight is 460 g/mol. The third-order valence-corrected chi connectivity index (χ3v) is 6.31. The van der Waals surface area contributed by atoms with Crippen LogP contribution in [0.15, 0.2) is 30.3 Å². The molecule has 1 aliphatic carbocycles. The first kappa shape index (κ1) is 25.0. The number of nitrogens with zero attached hydrogens (tertiary/aromatic N) is 1. The van der Waals surface area contributed by atoms with Crippen LogP contribution in [0.4, 0.5) is 4.79 Å². The lowest BCUT2D eigenvalue weighted by molar-refractivity contribution is -0.134. The molecule has 0 aromatic heterocycles. The van der Waals surface area contributed by atoms with E-state index in [1.54, 1.807) is 45.0 Å². The van der Waals surface area contributed by atoms with Crippen LogP contribution in [0, 0.1) is 5.92 Å². The topological polar surface area (TPSA) is 108 Å². The predicted molar refractivity (Wildman–Crippen MR) is 124 cm³/mol. The maximum absolute atomic E-state index is 13.2. The van der Waals surface area contributed by atoms with Crippen molar-refractivity contribution in [3.05, 3.63) is 35.9 Å². The van der Waals surface area contributed by atoms with Gasteiger partial charge in [0.1, 0.15) is 11.6 Å². The summed E-state index contributed by atoms with van der Waals surface area (Å²) in [5.74, 6) is -0.496. The van der Waals surface area contributed by atoms with Crippen molar-refractivity contribution in [1.29, 1.82) is 0 Å². The number of likely N-dealkylation sites (tertiary alicyclic amines) is 1. The van der Waals surface area contributed by atoms with E-state index in [0.29, 0.717) is 44.3 Å². The number of amides is 3. The van der Waals surface area contributed by atoms with E-state index in [2.05, 4.69) is 10.6 Å². The fourth-order valence-electron chi connectivity index (χ4n) is 4.61. The SMILES string of the molecule is CC(C)(C)OC(=O)N[C@H](C(=O)N1CCCC1)C1CCC(NC(=O)[C@@H](O)c2ccccc2)CC1. The van der Waals surface area contributed by atoms with Gasteiger partial charge < -0.3 is 25.4 Å². The maximum atomic E-state index is 13.2. The normalized spacial score (nSPS) is 22.8. The molecule has 3 rings (SSSR count). The van der Waals surface area contributed by atoms with Gasteiger partial charge in [-0.15, -0.1) is 0 Å². The number of alkyl carbamates (subject to hydrolysis) is 1. The Balaban J connectivity index is 1.58. The van der Waals surface area contributed by atoms with Crippen LogP contribution in [-0.4, -0.2) is 58.7 Å². The number of aliphatic hydroxyl groups excluding tert-OH is 1. The Kier molecular flexibility index (Phi) is 8.35. The Morgan fingerprint density at radius 2 is 1.64 bits per heavy atom. The quantitative estimate of drug-likeness (QED) is 0.606. The average Bonchev–Trinajstić information content (AvgIpc) is 3.31. The Morgan fingerprint density at radius 3 is 2.21 bits per heavy atom. The Hall–Kier alpha value is -2.61. The molecule has 182 valence electrons. The van der Waals surface area contributed by atoms with Crippen molar-refractivity contribution in [1.82, 2.24) is 15.5 Å². The summed E-state index contributed by atoms with van der Waals surface area (Å²) in [7, 11) is 0. The van der Waals surface area contributed by atoms with Crippen LogP contribution in [0.1, 0.15) is 71.0 Å². The second kappa shape index (κ2) is 11.0. The Morgan fingerprint density at radius 1 is 1.03 bits per heavy atom. The lowest BCUT2D eigenvalue weighted by Gasteiger charge is -2.36. The first-order chi connectivity index (χ1) is 15.6. The summed E-state index contributed by atoms with van der Waals surface area (Å²) in [5, 5.41) is 16.1. The summed E-state index contributed by atoms with van der Waals surface area (Å²) in [6, 6.07) is 8.13. The molecule has 1 aromatic carbocycles. The van der Waals surface area contributed by atoms with Gasteiger partial charge in [-0.25, -0.2) is 4.79 Å². The van der Waals surface area contributed by atoms with E-state index in [-0.39, 0.29) is 17.9 Å². The number of hydrogen-bond acceptors (Lipinski definition) is 5. The van der Waals surface area contributed by atoms with Crippen molar-refractivity contribution in [3.8, 4) is 0 Å². The van der Waals surface area contributed by atoms with Crippen molar-refractivity contribution in [2.24, 2.45) is 5.92 Å². The molecule has 0 radical (unpaired) electrons. The lowest BCUT2D eigenvalue weighted by Crippen LogP contribution is -2.54. The predicted octanol–water partition coefficient (Wildman–Crippen LogP) is 2.91. The minimum absolute atomic E-state index is 0.0298. The number of aliphatic hydroxyl groups is 1. The molecule has 0 bridgehead atoms. The van der Waals surface area contributed by atoms with Gasteiger partial charge in [-0.1, -0.05) is 30.3 Å². The molecular formula is C25H37N3O5. The molecule has 1 saturated heterocycles. The Labute approximate surface area is 196 Å². The summed E-state index contributed by atoms with van der Waals surface area (Å²) in [4.78, 5) is 40.0. The highest BCUT2D eigenvalue weighted by atomic mass is 16.6. The third kappa shape index (κ3) is 7.19. The largest absolute Gasteiger partial charge is 0.444 e. The number of carbonyl (C=O) groups excluding carboxylic acids is 3. The lowest BCUT2D eigenvalue weighted by atomic mass is 9.81. The summed E-state index contributed by atoms with van der Waals surface area (Å²) in [5.41, 5.74) is -0.0890. The zero-order valence-corrected chi connectivity index (χ0v) is 19.9. The number of benzene rings is 1. The molecule has 3 amide bonds. The minimum Gasteiger partial charge on any atom is -0.444 e. The highest BCUT2D eigenvalue weighted by molar-refractivity contribution is 5.86. The molecule has 1 aromatic rings. The standard InChI is InChI=1S/C25H37N3O5/c1-25(2,3)33-24(32)27-20(23(31)28-15-7-8-16-28)17-11-13-19(14-12-17)26-22(30)21(29)18-9-5-4-6-10-18/h4-6,9-10,17,19-21,29H,7-8,11-16H2,1-3H3,(H,26,30)(H,27,32)/t17?,19?,20-,21-/m0/s1. The van der Waals surface area contributed by atoms with Crippen molar-refractivity contribution in [2.75, 3.05) is 13.1 Å². The van der Waals surface area contributed by atoms with Crippen molar-refractivity contribution in [2.45, 2.75) is 83.1 Å². The molecule has 3 N–H and O–H groups in total. The van der Waals surface area contributed by atoms with Crippen molar-refractivity contribution < 1.29 is 24.2 Å². The molecular weight excluding hydrogens is 422 g/mol. The summed E-state index contributed by atoms with van der Waals surface area (Å²) in [6.07, 6.45) is 2.90. The molecule has 1 heterocycles. The molecule has 0 unspecified atom stereocenters. The van der Waals surface area contributed by atoms with Gasteiger partial charge in [-0.2, -0.15) is 0 Å². The number of carbonyl (C=O) groups is 3. The Bertz CT molecular complexity index is 809. The van der Waals surface area contributed by atoms with Crippen LogP contribution in [0.5, 0.6) is 0 Å². The van der Waals surface area contributed by atoms with Gasteiger partial charge in [-0.3, -0.25) is 9.59 Å². The fourth-order valence-corrected chi connectivity index (χ4v) is 4.61. The van der Waals surface area contributed by atoms with Gasteiger partial charge in [0.25, 0.3) is 5.91 Å². The number of hydrogen-bond donors (Lipinski definition) is 3. The molecule has 33 heavy (non-hydrogen) atoms. The molecule has 8 nitrogen and oxygen atoms in total. The molecule has 2 atom stereocenters. The van der Waals surface area contributed by atoms with Crippen LogP contribution in [0.25, 0.3) is 0 Å². The molecule has 1 aliphatic heterocycles. The molecule has 2 fully saturated rings. The van der Waals surface area contributed by atoms with Gasteiger partial charge in [0, 0.05) is 19.1 Å². The van der Waals surface area contributed by atoms with Crippen molar-refractivity contribution in [3.63, 3.8) is 0 Å². The fraction of sp³-hybridized carbons (Fsp3) is 0.640. The first-order valence-corrected chi connectivity index (χ1v) is 12.0. The van der Waals surface area contributed by atoms with E-state index in [0.717, 1.165) is 12.8 Å². The van der Waals surface area contributed by atoms with Crippen LogP contribution in [0.2, 0.25) is 0 Å². The van der Waals surface area contributed by atoms with E-state index in [4.69, 9.17) is 4.74 Å². The number of nitrogens with one attached hydrogen (secondary N) is 2. The van der Waals surface area contributed by atoms with E-state index in [9.17, 15) is 19.5 Å².